The number of nitrogens with zero attached hydrogens (tertiary/aromatic N) is 1. The average Bonchev–Trinajstić information content (AvgIpc) is 2.39. The summed E-state index contributed by atoms with van der Waals surface area (Å²) >= 11 is 1.75. The normalized spacial score (nSPS) is 12.1. The summed E-state index contributed by atoms with van der Waals surface area (Å²) in [5, 5.41) is 2.79. The lowest BCUT2D eigenvalue weighted by molar-refractivity contribution is -0.119. The van der Waals surface area contributed by atoms with Gasteiger partial charge in [0, 0.05) is 17.0 Å². The van der Waals surface area contributed by atoms with Gasteiger partial charge in [-0.15, -0.1) is 0 Å². The van der Waals surface area contributed by atoms with Crippen molar-refractivity contribution in [2.24, 2.45) is 0 Å². The number of sulfonamides is 1. The lowest BCUT2D eigenvalue weighted by Crippen LogP contribution is -2.41. The number of anilines is 1. The van der Waals surface area contributed by atoms with Gasteiger partial charge in [0.25, 0.3) is 0 Å². The molecule has 24 heavy (non-hydrogen) atoms. The second kappa shape index (κ2) is 8.25. The molecule has 0 bridgehead atoms. The fourth-order valence-corrected chi connectivity index (χ4v) is 3.93. The monoisotopic (exact) mass is 372 g/mol. The van der Waals surface area contributed by atoms with E-state index in [1.54, 1.807) is 17.8 Å². The summed E-state index contributed by atoms with van der Waals surface area (Å²) in [5.74, 6) is 0.493. The summed E-state index contributed by atoms with van der Waals surface area (Å²) in [5.41, 5.74) is 2.42. The van der Waals surface area contributed by atoms with Gasteiger partial charge in [-0.25, -0.2) is 8.42 Å². The second-order valence-corrected chi connectivity index (χ2v) is 10.7. The fourth-order valence-electron chi connectivity index (χ4n) is 2.20. The standard InChI is InChI=1S/C17H28N2O3S2/c1-13-7-8-15(14(2)11-13)19(24(6,21)22)12-16(20)18-9-10-23-17(3,4)5/h7-8,11H,9-10,12H2,1-6H3,(H,18,20). The Hall–Kier alpha value is -1.21. The van der Waals surface area contributed by atoms with Crippen LogP contribution in [0.15, 0.2) is 18.2 Å². The van der Waals surface area contributed by atoms with Crippen LogP contribution in [0.1, 0.15) is 31.9 Å². The molecule has 0 aliphatic heterocycles. The van der Waals surface area contributed by atoms with E-state index in [2.05, 4.69) is 26.1 Å². The van der Waals surface area contributed by atoms with Gasteiger partial charge in [0.15, 0.2) is 0 Å². The Labute approximate surface area is 150 Å². The molecular formula is C17H28N2O3S2. The minimum absolute atomic E-state index is 0.141. The first-order valence-corrected chi connectivity index (χ1v) is 10.7. The highest BCUT2D eigenvalue weighted by Gasteiger charge is 2.22. The number of rotatable bonds is 7. The van der Waals surface area contributed by atoms with E-state index in [4.69, 9.17) is 0 Å². The largest absolute Gasteiger partial charge is 0.354 e. The van der Waals surface area contributed by atoms with Crippen LogP contribution >= 0.6 is 11.8 Å². The third-order valence-electron chi connectivity index (χ3n) is 3.27. The number of nitrogens with one attached hydrogen (secondary N) is 1. The predicted octanol–water partition coefficient (Wildman–Crippen LogP) is 2.72. The van der Waals surface area contributed by atoms with Crippen molar-refractivity contribution in [1.29, 1.82) is 0 Å². The molecular weight excluding hydrogens is 344 g/mol. The average molecular weight is 373 g/mol. The van der Waals surface area contributed by atoms with Crippen molar-refractivity contribution in [3.05, 3.63) is 29.3 Å². The lowest BCUT2D eigenvalue weighted by Gasteiger charge is -2.24. The Bertz CT molecular complexity index is 680. The van der Waals surface area contributed by atoms with Crippen LogP contribution in [0.4, 0.5) is 5.69 Å². The summed E-state index contributed by atoms with van der Waals surface area (Å²) in [6.45, 7) is 10.5. The molecule has 0 atom stereocenters. The van der Waals surface area contributed by atoms with Crippen LogP contribution in [-0.2, 0) is 14.8 Å². The molecule has 0 unspecified atom stereocenters. The molecule has 1 amide bonds. The first kappa shape index (κ1) is 20.8. The van der Waals surface area contributed by atoms with Gasteiger partial charge < -0.3 is 5.32 Å². The van der Waals surface area contributed by atoms with E-state index < -0.39 is 10.0 Å². The third kappa shape index (κ3) is 7.13. The maximum absolute atomic E-state index is 12.1. The maximum Gasteiger partial charge on any atom is 0.240 e. The molecule has 7 heteroatoms. The van der Waals surface area contributed by atoms with Gasteiger partial charge in [0.2, 0.25) is 15.9 Å². The molecule has 1 aromatic carbocycles. The van der Waals surface area contributed by atoms with E-state index in [1.807, 2.05) is 26.0 Å². The van der Waals surface area contributed by atoms with Crippen LogP contribution in [0, 0.1) is 13.8 Å². The molecule has 0 saturated heterocycles. The van der Waals surface area contributed by atoms with Crippen LogP contribution in [0.5, 0.6) is 0 Å². The van der Waals surface area contributed by atoms with E-state index in [1.165, 1.54) is 0 Å². The Morgan fingerprint density at radius 3 is 2.38 bits per heavy atom. The van der Waals surface area contributed by atoms with Crippen LogP contribution in [0.25, 0.3) is 0 Å². The van der Waals surface area contributed by atoms with Gasteiger partial charge in [0.05, 0.1) is 11.9 Å². The summed E-state index contributed by atoms with van der Waals surface area (Å²) in [6.07, 6.45) is 1.12. The Morgan fingerprint density at radius 2 is 1.88 bits per heavy atom. The van der Waals surface area contributed by atoms with Crippen LogP contribution < -0.4 is 9.62 Å². The second-order valence-electron chi connectivity index (χ2n) is 6.87. The molecule has 5 nitrogen and oxygen atoms in total. The highest BCUT2D eigenvalue weighted by atomic mass is 32.2. The van der Waals surface area contributed by atoms with E-state index in [0.29, 0.717) is 12.2 Å². The summed E-state index contributed by atoms with van der Waals surface area (Å²) in [4.78, 5) is 12.1. The maximum atomic E-state index is 12.1. The zero-order chi connectivity index (χ0) is 18.5. The van der Waals surface area contributed by atoms with Gasteiger partial charge in [-0.2, -0.15) is 11.8 Å². The van der Waals surface area contributed by atoms with Crippen molar-refractivity contribution >= 4 is 33.4 Å². The Morgan fingerprint density at radius 1 is 1.25 bits per heavy atom. The fraction of sp³-hybridized carbons (Fsp3) is 0.588. The van der Waals surface area contributed by atoms with Crippen molar-refractivity contribution in [2.75, 3.05) is 29.4 Å². The number of carbonyl (C=O) groups excluding carboxylic acids is 1. The van der Waals surface area contributed by atoms with Gasteiger partial charge in [-0.3, -0.25) is 9.10 Å². The molecule has 1 rings (SSSR count). The minimum Gasteiger partial charge on any atom is -0.354 e. The number of hydrogen-bond donors (Lipinski definition) is 1. The number of hydrogen-bond acceptors (Lipinski definition) is 4. The molecule has 0 aliphatic carbocycles. The zero-order valence-electron chi connectivity index (χ0n) is 15.3. The van der Waals surface area contributed by atoms with Crippen molar-refractivity contribution in [3.63, 3.8) is 0 Å². The predicted molar refractivity (Wildman–Crippen MR) is 103 cm³/mol. The van der Waals surface area contributed by atoms with Crippen LogP contribution in [0.3, 0.4) is 0 Å². The smallest absolute Gasteiger partial charge is 0.240 e. The SMILES string of the molecule is Cc1ccc(N(CC(=O)NCCSC(C)(C)C)S(C)(=O)=O)c(C)c1. The summed E-state index contributed by atoms with van der Waals surface area (Å²) < 4.78 is 25.5. The van der Waals surface area contributed by atoms with Crippen LogP contribution in [-0.4, -0.2) is 44.2 Å². The van der Waals surface area contributed by atoms with Gasteiger partial charge in [0.1, 0.15) is 6.54 Å². The molecule has 0 fully saturated rings. The van der Waals surface area contributed by atoms with Gasteiger partial charge in [-0.1, -0.05) is 38.5 Å². The van der Waals surface area contributed by atoms with Crippen molar-refractivity contribution < 1.29 is 13.2 Å². The quantitative estimate of drug-likeness (QED) is 0.748. The number of benzene rings is 1. The number of aryl methyl sites for hydroxylation is 2. The first-order valence-electron chi connectivity index (χ1n) is 7.86. The van der Waals surface area contributed by atoms with Crippen LogP contribution in [0.2, 0.25) is 0 Å². The van der Waals surface area contributed by atoms with Crippen molar-refractivity contribution in [2.45, 2.75) is 39.4 Å². The Kier molecular flexibility index (Phi) is 7.16. The first-order chi connectivity index (χ1) is 10.9. The molecule has 0 spiro atoms. The highest BCUT2D eigenvalue weighted by molar-refractivity contribution is 8.00. The Balaban J connectivity index is 2.76. The minimum atomic E-state index is -3.53. The van der Waals surface area contributed by atoms with E-state index in [9.17, 15) is 13.2 Å². The van der Waals surface area contributed by atoms with E-state index >= 15 is 0 Å². The molecule has 0 radical (unpaired) electrons. The molecule has 0 aliphatic rings. The lowest BCUT2D eigenvalue weighted by atomic mass is 10.1. The number of thioether (sulfide) groups is 1. The topological polar surface area (TPSA) is 66.5 Å². The molecule has 0 aromatic heterocycles. The molecule has 1 aromatic rings. The van der Waals surface area contributed by atoms with Crippen molar-refractivity contribution in [1.82, 2.24) is 5.32 Å². The van der Waals surface area contributed by atoms with E-state index in [0.717, 1.165) is 27.4 Å². The van der Waals surface area contributed by atoms with Gasteiger partial charge >= 0.3 is 0 Å². The number of amides is 1. The summed E-state index contributed by atoms with van der Waals surface area (Å²) in [6, 6.07) is 5.50. The zero-order valence-corrected chi connectivity index (χ0v) is 17.0. The molecule has 0 heterocycles. The number of carbonyl (C=O) groups is 1. The molecule has 0 saturated carbocycles. The third-order valence-corrected chi connectivity index (χ3v) is 5.67. The molecule has 136 valence electrons. The molecule has 1 N–H and O–H groups in total. The van der Waals surface area contributed by atoms with E-state index in [-0.39, 0.29) is 17.2 Å². The van der Waals surface area contributed by atoms with Crippen molar-refractivity contribution in [3.8, 4) is 0 Å². The highest BCUT2D eigenvalue weighted by Crippen LogP contribution is 2.24. The van der Waals surface area contributed by atoms with Gasteiger partial charge in [-0.05, 0) is 25.5 Å². The summed E-state index contributed by atoms with van der Waals surface area (Å²) in [7, 11) is -3.53.